The second-order valence-electron chi connectivity index (χ2n) is 9.05. The molecule has 1 aliphatic heterocycles. The number of nitrogens with zero attached hydrogens (tertiary/aromatic N) is 3. The summed E-state index contributed by atoms with van der Waals surface area (Å²) in [6.07, 6.45) is 1.81. The van der Waals surface area contributed by atoms with Crippen LogP contribution in [0.5, 0.6) is 0 Å². The molecule has 0 radical (unpaired) electrons. The lowest BCUT2D eigenvalue weighted by atomic mass is 10.1. The highest BCUT2D eigenvalue weighted by Crippen LogP contribution is 2.15. The number of aliphatic imine (C=N–C) groups is 1. The van der Waals surface area contributed by atoms with Crippen molar-refractivity contribution in [3.05, 3.63) is 0 Å². The Bertz CT molecular complexity index is 674. The Labute approximate surface area is 205 Å². The minimum Gasteiger partial charge on any atom is -0.444 e. The summed E-state index contributed by atoms with van der Waals surface area (Å²) in [5.74, 6) is 1.10. The molecule has 0 saturated carbocycles. The van der Waals surface area contributed by atoms with Crippen molar-refractivity contribution >= 4 is 46.1 Å². The molecule has 0 aromatic rings. The molecule has 1 aliphatic rings. The quantitative estimate of drug-likeness (QED) is 0.262. The maximum absolute atomic E-state index is 12.2. The Morgan fingerprint density at radius 3 is 2.35 bits per heavy atom. The summed E-state index contributed by atoms with van der Waals surface area (Å²) in [7, 11) is 0.325. The lowest BCUT2D eigenvalue weighted by Crippen LogP contribution is -2.50. The molecular formula is C20H42IN5O4S. The molecule has 1 atom stereocenters. The number of rotatable bonds is 8. The summed E-state index contributed by atoms with van der Waals surface area (Å²) in [5, 5.41) is 6.68. The Hall–Kier alpha value is -0.820. The van der Waals surface area contributed by atoms with Crippen molar-refractivity contribution in [1.29, 1.82) is 0 Å². The summed E-state index contributed by atoms with van der Waals surface area (Å²) in [4.78, 5) is 17.9. The zero-order valence-electron chi connectivity index (χ0n) is 20.1. The van der Waals surface area contributed by atoms with E-state index < -0.39 is 15.6 Å². The third kappa shape index (κ3) is 11.6. The predicted molar refractivity (Wildman–Crippen MR) is 137 cm³/mol. The number of sulfonamides is 1. The van der Waals surface area contributed by atoms with Gasteiger partial charge in [-0.15, -0.1) is 24.0 Å². The molecule has 11 heteroatoms. The zero-order chi connectivity index (χ0) is 22.9. The van der Waals surface area contributed by atoms with Crippen LogP contribution in [0.2, 0.25) is 0 Å². The molecule has 2 N–H and O–H groups in total. The molecule has 184 valence electrons. The first-order valence-corrected chi connectivity index (χ1v) is 12.4. The number of guanidine groups is 1. The van der Waals surface area contributed by atoms with Crippen LogP contribution in [0.15, 0.2) is 4.99 Å². The standard InChI is InChI=1S/C20H41N5O4S.HI/c1-8-13-30(27,28)25-11-9-17(10-12-25)23-18(21-6)22-14-16(2)15-24(7)19(26)29-20(3,4)5;/h16-17H,8-15H2,1-7H3,(H2,21,22,23);1H. The normalized spacial score (nSPS) is 17.5. The van der Waals surface area contributed by atoms with Crippen LogP contribution in [0.3, 0.4) is 0 Å². The van der Waals surface area contributed by atoms with Crippen molar-refractivity contribution in [1.82, 2.24) is 19.8 Å². The minimum absolute atomic E-state index is 0. The third-order valence-corrected chi connectivity index (χ3v) is 6.86. The molecule has 31 heavy (non-hydrogen) atoms. The monoisotopic (exact) mass is 575 g/mol. The smallest absolute Gasteiger partial charge is 0.410 e. The molecular weight excluding hydrogens is 533 g/mol. The van der Waals surface area contributed by atoms with Gasteiger partial charge in [-0.2, -0.15) is 0 Å². The van der Waals surface area contributed by atoms with Gasteiger partial charge in [-0.25, -0.2) is 17.5 Å². The molecule has 1 rings (SSSR count). The molecule has 0 aromatic carbocycles. The lowest BCUT2D eigenvalue weighted by molar-refractivity contribution is 0.0278. The van der Waals surface area contributed by atoms with E-state index in [1.54, 1.807) is 23.3 Å². The molecule has 0 spiro atoms. The number of halogens is 1. The Kier molecular flexibility index (Phi) is 13.3. The molecule has 0 aliphatic carbocycles. The van der Waals surface area contributed by atoms with Crippen molar-refractivity contribution < 1.29 is 17.9 Å². The van der Waals surface area contributed by atoms with Crippen LogP contribution in [0.25, 0.3) is 0 Å². The summed E-state index contributed by atoms with van der Waals surface area (Å²) < 4.78 is 31.4. The maximum Gasteiger partial charge on any atom is 0.410 e. The van der Waals surface area contributed by atoms with Crippen molar-refractivity contribution in [2.45, 2.75) is 65.5 Å². The fourth-order valence-corrected chi connectivity index (χ4v) is 4.81. The number of hydrogen-bond acceptors (Lipinski definition) is 5. The lowest BCUT2D eigenvalue weighted by Gasteiger charge is -2.32. The molecule has 1 saturated heterocycles. The fourth-order valence-electron chi connectivity index (χ4n) is 3.27. The van der Waals surface area contributed by atoms with E-state index in [4.69, 9.17) is 4.74 Å². The molecule has 9 nitrogen and oxygen atoms in total. The van der Waals surface area contributed by atoms with E-state index in [0.717, 1.165) is 12.8 Å². The first-order chi connectivity index (χ1) is 13.9. The second-order valence-corrected chi connectivity index (χ2v) is 11.1. The van der Waals surface area contributed by atoms with Gasteiger partial charge < -0.3 is 20.3 Å². The van der Waals surface area contributed by atoms with Crippen LogP contribution in [-0.2, 0) is 14.8 Å². The number of carbonyl (C=O) groups excluding carboxylic acids is 1. The molecule has 1 heterocycles. The van der Waals surface area contributed by atoms with Gasteiger partial charge in [0.05, 0.1) is 5.75 Å². The van der Waals surface area contributed by atoms with Crippen LogP contribution in [0.1, 0.15) is 53.9 Å². The molecule has 0 bridgehead atoms. The average Bonchev–Trinajstić information content (AvgIpc) is 2.64. The van der Waals surface area contributed by atoms with Gasteiger partial charge in [0.15, 0.2) is 5.96 Å². The minimum atomic E-state index is -3.13. The van der Waals surface area contributed by atoms with Crippen LogP contribution in [0, 0.1) is 5.92 Å². The second kappa shape index (κ2) is 13.7. The predicted octanol–water partition coefficient (Wildman–Crippen LogP) is 2.48. The van der Waals surface area contributed by atoms with Crippen LogP contribution < -0.4 is 10.6 Å². The van der Waals surface area contributed by atoms with E-state index in [2.05, 4.69) is 22.5 Å². The van der Waals surface area contributed by atoms with Gasteiger partial charge in [-0.1, -0.05) is 13.8 Å². The van der Waals surface area contributed by atoms with Gasteiger partial charge in [0.1, 0.15) is 5.60 Å². The van der Waals surface area contributed by atoms with E-state index in [1.807, 2.05) is 27.7 Å². The number of carbonyl (C=O) groups is 1. The first-order valence-electron chi connectivity index (χ1n) is 10.8. The zero-order valence-corrected chi connectivity index (χ0v) is 23.2. The number of amides is 1. The SMILES string of the molecule is CCCS(=O)(=O)N1CCC(NC(=NC)NCC(C)CN(C)C(=O)OC(C)(C)C)CC1.I. The van der Waals surface area contributed by atoms with Crippen molar-refractivity contribution in [2.75, 3.05) is 46.0 Å². The maximum atomic E-state index is 12.2. The fraction of sp³-hybridized carbons (Fsp3) is 0.900. The average molecular weight is 576 g/mol. The van der Waals surface area contributed by atoms with E-state index in [0.29, 0.717) is 38.6 Å². The molecule has 1 fully saturated rings. The highest BCUT2D eigenvalue weighted by molar-refractivity contribution is 14.0. The topological polar surface area (TPSA) is 103 Å². The van der Waals surface area contributed by atoms with Gasteiger partial charge >= 0.3 is 6.09 Å². The molecule has 0 aromatic heterocycles. The summed E-state index contributed by atoms with van der Waals surface area (Å²) in [6.45, 7) is 11.8. The Morgan fingerprint density at radius 1 is 1.29 bits per heavy atom. The van der Waals surface area contributed by atoms with E-state index in [9.17, 15) is 13.2 Å². The van der Waals surface area contributed by atoms with Gasteiger partial charge in [-0.05, 0) is 46.0 Å². The van der Waals surface area contributed by atoms with Gasteiger partial charge in [0, 0.05) is 46.3 Å². The van der Waals surface area contributed by atoms with Gasteiger partial charge in [0.2, 0.25) is 10.0 Å². The van der Waals surface area contributed by atoms with Crippen LogP contribution in [-0.4, -0.2) is 87.3 Å². The molecule has 1 amide bonds. The largest absolute Gasteiger partial charge is 0.444 e. The van der Waals surface area contributed by atoms with Gasteiger partial charge in [0.25, 0.3) is 0 Å². The first kappa shape index (κ1) is 30.2. The third-order valence-electron chi connectivity index (χ3n) is 4.78. The number of piperidine rings is 1. The highest BCUT2D eigenvalue weighted by Gasteiger charge is 2.27. The Balaban J connectivity index is 0.00000900. The number of ether oxygens (including phenoxy) is 1. The van der Waals surface area contributed by atoms with Crippen molar-refractivity contribution in [3.8, 4) is 0 Å². The number of hydrogen-bond donors (Lipinski definition) is 2. The highest BCUT2D eigenvalue weighted by atomic mass is 127. The molecule has 1 unspecified atom stereocenters. The van der Waals surface area contributed by atoms with Crippen molar-refractivity contribution in [2.24, 2.45) is 10.9 Å². The summed E-state index contributed by atoms with van der Waals surface area (Å²) in [6, 6.07) is 0.184. The van der Waals surface area contributed by atoms with Crippen LogP contribution >= 0.6 is 24.0 Å². The van der Waals surface area contributed by atoms with E-state index in [-0.39, 0.29) is 47.8 Å². The number of nitrogens with one attached hydrogen (secondary N) is 2. The summed E-state index contributed by atoms with van der Waals surface area (Å²) >= 11 is 0. The van der Waals surface area contributed by atoms with Crippen LogP contribution in [0.4, 0.5) is 4.79 Å². The van der Waals surface area contributed by atoms with E-state index >= 15 is 0 Å². The Morgan fingerprint density at radius 2 is 1.87 bits per heavy atom. The van der Waals surface area contributed by atoms with E-state index in [1.165, 1.54) is 0 Å². The summed E-state index contributed by atoms with van der Waals surface area (Å²) in [5.41, 5.74) is -0.510. The van der Waals surface area contributed by atoms with Gasteiger partial charge in [-0.3, -0.25) is 4.99 Å². The van der Waals surface area contributed by atoms with Crippen molar-refractivity contribution in [3.63, 3.8) is 0 Å².